The Bertz CT molecular complexity index is 1890. The summed E-state index contributed by atoms with van der Waals surface area (Å²) in [6.45, 7) is 16.7. The molecule has 0 aliphatic carbocycles. The molecular formula is C39H43N3O2Pt. The van der Waals surface area contributed by atoms with Gasteiger partial charge in [-0.15, -0.1) is 29.8 Å². The third kappa shape index (κ3) is 6.34. The van der Waals surface area contributed by atoms with Gasteiger partial charge in [0.05, 0.1) is 5.54 Å². The van der Waals surface area contributed by atoms with E-state index in [1.165, 1.54) is 11.1 Å². The van der Waals surface area contributed by atoms with E-state index in [4.69, 9.17) is 18.6 Å². The third-order valence-corrected chi connectivity index (χ3v) is 8.49. The second kappa shape index (κ2) is 11.7. The number of ether oxygens (including phenoxy) is 2. The molecule has 2 aliphatic heterocycles. The van der Waals surface area contributed by atoms with Crippen LogP contribution in [0.1, 0.15) is 106 Å². The minimum absolute atomic E-state index is 0. The Hall–Kier alpha value is -3.43. The molecule has 0 saturated heterocycles. The molecule has 1 aromatic heterocycles. The van der Waals surface area contributed by atoms with E-state index in [1.54, 1.807) is 6.92 Å². The Labute approximate surface area is 287 Å². The van der Waals surface area contributed by atoms with Crippen molar-refractivity contribution in [2.24, 2.45) is 4.99 Å². The minimum Gasteiger partial charge on any atom is -0.518 e. The Balaban J connectivity index is 0.00000451. The van der Waals surface area contributed by atoms with Crippen LogP contribution in [0.25, 0.3) is 0 Å². The number of anilines is 3. The number of pyridine rings is 1. The van der Waals surface area contributed by atoms with Crippen LogP contribution in [0, 0.1) is 19.1 Å². The van der Waals surface area contributed by atoms with E-state index in [2.05, 4.69) is 101 Å². The van der Waals surface area contributed by atoms with Gasteiger partial charge in [-0.3, -0.25) is 4.99 Å². The summed E-state index contributed by atoms with van der Waals surface area (Å²) in [5.41, 5.74) is 6.51. The number of benzene rings is 3. The number of rotatable bonds is 5. The predicted molar refractivity (Wildman–Crippen MR) is 179 cm³/mol. The van der Waals surface area contributed by atoms with Gasteiger partial charge >= 0.3 is 21.1 Å². The fourth-order valence-corrected chi connectivity index (χ4v) is 5.92. The number of hydrogen-bond acceptors (Lipinski definition) is 5. The second-order valence-corrected chi connectivity index (χ2v) is 14.2. The molecule has 0 spiro atoms. The maximum atomic E-state index is 7.95. The molecule has 3 heterocycles. The molecule has 2 aliphatic rings. The smallest absolute Gasteiger partial charge is 0.518 e. The summed E-state index contributed by atoms with van der Waals surface area (Å²) in [5.74, 6) is 2.30. The van der Waals surface area contributed by atoms with Crippen molar-refractivity contribution in [3.8, 4) is 11.5 Å². The van der Waals surface area contributed by atoms with Gasteiger partial charge in [-0.2, -0.15) is 5.56 Å². The third-order valence-electron chi connectivity index (χ3n) is 8.49. The molecule has 0 radical (unpaired) electrons. The van der Waals surface area contributed by atoms with Crippen molar-refractivity contribution in [2.45, 2.75) is 91.5 Å². The van der Waals surface area contributed by atoms with Crippen LogP contribution in [-0.2, 0) is 36.6 Å². The van der Waals surface area contributed by atoms with Crippen molar-refractivity contribution in [1.82, 2.24) is 4.98 Å². The largest absolute Gasteiger partial charge is 2.00 e. The monoisotopic (exact) mass is 783 g/mol. The molecule has 6 heteroatoms. The summed E-state index contributed by atoms with van der Waals surface area (Å²) >= 11 is 0. The first kappa shape index (κ1) is 29.0. The molecule has 236 valence electrons. The van der Waals surface area contributed by atoms with Crippen molar-refractivity contribution in [1.29, 1.82) is 0 Å². The SMILES string of the molecule is [2H]C([2H])([2H])[C@]1(C)COC(c2[c-]c(Oc3[c-]c(N4c5ccc(C(C)(C)C)cc5C(C)(C)c5cccnc54)cc(C)c3)cc(C(C)C)c2)=N1.[Pt+2]. The summed E-state index contributed by atoms with van der Waals surface area (Å²) in [6.07, 6.45) is 1.84. The molecular weight excluding hydrogens is 738 g/mol. The van der Waals surface area contributed by atoms with Gasteiger partial charge in [0.1, 0.15) is 18.3 Å². The Morgan fingerprint density at radius 2 is 1.76 bits per heavy atom. The molecule has 45 heavy (non-hydrogen) atoms. The van der Waals surface area contributed by atoms with Crippen LogP contribution in [0.3, 0.4) is 0 Å². The van der Waals surface area contributed by atoms with E-state index in [1.807, 2.05) is 37.4 Å². The van der Waals surface area contributed by atoms with Gasteiger partial charge in [0.25, 0.3) is 0 Å². The van der Waals surface area contributed by atoms with Gasteiger partial charge in [0, 0.05) is 38.5 Å². The number of hydrogen-bond donors (Lipinski definition) is 0. The van der Waals surface area contributed by atoms with Gasteiger partial charge in [-0.25, -0.2) is 4.98 Å². The first-order chi connectivity index (χ1) is 21.9. The van der Waals surface area contributed by atoms with E-state index in [0.717, 1.165) is 33.9 Å². The summed E-state index contributed by atoms with van der Waals surface area (Å²) in [7, 11) is 0. The fraction of sp³-hybridized carbons (Fsp3) is 0.385. The van der Waals surface area contributed by atoms with E-state index < -0.39 is 12.4 Å². The predicted octanol–water partition coefficient (Wildman–Crippen LogP) is 9.87. The topological polar surface area (TPSA) is 47.0 Å². The van der Waals surface area contributed by atoms with Crippen LogP contribution in [0.5, 0.6) is 11.5 Å². The Kier molecular flexibility index (Phi) is 7.56. The molecule has 6 rings (SSSR count). The van der Waals surface area contributed by atoms with Crippen molar-refractivity contribution in [2.75, 3.05) is 11.5 Å². The zero-order valence-electron chi connectivity index (χ0n) is 30.5. The fourth-order valence-electron chi connectivity index (χ4n) is 5.92. The van der Waals surface area contributed by atoms with Crippen molar-refractivity contribution in [3.05, 3.63) is 106 Å². The van der Waals surface area contributed by atoms with E-state index in [0.29, 0.717) is 17.1 Å². The van der Waals surface area contributed by atoms with E-state index in [9.17, 15) is 0 Å². The molecule has 1 atom stereocenters. The Morgan fingerprint density at radius 1 is 1.00 bits per heavy atom. The van der Waals surface area contributed by atoms with E-state index in [-0.39, 0.29) is 50.3 Å². The van der Waals surface area contributed by atoms with Gasteiger partial charge in [0.15, 0.2) is 0 Å². The zero-order chi connectivity index (χ0) is 34.1. The van der Waals surface area contributed by atoms with Crippen molar-refractivity contribution < 1.29 is 34.7 Å². The standard InChI is InChI=1S/C39H43N3O2.Pt/c1-24(2)26-18-27(36-41-38(7,8)23-43-36)20-31(19-26)44-30-17-25(3)16-29(22-30)42-34-14-13-28(37(4,5)6)21-33(34)39(9,10)32-12-11-15-40-35(32)42;/h11-19,21,24H,23H2,1-10H3;/q-2;+2/i7D3;/t38-;/m0./s1. The number of aryl methyl sites for hydroxylation is 1. The molecule has 0 fully saturated rings. The molecule has 3 aromatic carbocycles. The molecule has 0 saturated carbocycles. The minimum atomic E-state index is -2.29. The number of fused-ring (bicyclic) bond motifs is 2. The van der Waals surface area contributed by atoms with Crippen LogP contribution in [-0.4, -0.2) is 23.0 Å². The molecule has 0 unspecified atom stereocenters. The van der Waals surface area contributed by atoms with Crippen LogP contribution < -0.4 is 9.64 Å². The molecule has 0 N–H and O–H groups in total. The average molecular weight is 784 g/mol. The van der Waals surface area contributed by atoms with E-state index >= 15 is 0 Å². The summed E-state index contributed by atoms with van der Waals surface area (Å²) < 4.78 is 36.2. The first-order valence-electron chi connectivity index (χ1n) is 16.8. The molecule has 4 aromatic rings. The molecule has 0 bridgehead atoms. The van der Waals surface area contributed by atoms with Crippen LogP contribution in [0.15, 0.2) is 65.8 Å². The van der Waals surface area contributed by atoms with Gasteiger partial charge in [0.2, 0.25) is 0 Å². The normalized spacial score (nSPS) is 19.7. The summed E-state index contributed by atoms with van der Waals surface area (Å²) in [4.78, 5) is 11.6. The molecule has 0 amide bonds. The number of nitrogens with zero attached hydrogens (tertiary/aromatic N) is 3. The second-order valence-electron chi connectivity index (χ2n) is 14.2. The average Bonchev–Trinajstić information content (AvgIpc) is 3.40. The van der Waals surface area contributed by atoms with Gasteiger partial charge < -0.3 is 14.4 Å². The van der Waals surface area contributed by atoms with Crippen LogP contribution in [0.4, 0.5) is 17.2 Å². The van der Waals surface area contributed by atoms with Crippen molar-refractivity contribution >= 4 is 23.1 Å². The van der Waals surface area contributed by atoms with Crippen LogP contribution >= 0.6 is 0 Å². The van der Waals surface area contributed by atoms with Crippen molar-refractivity contribution in [3.63, 3.8) is 0 Å². The molecule has 5 nitrogen and oxygen atoms in total. The number of aromatic nitrogens is 1. The number of aliphatic imine (C=N–C) groups is 1. The van der Waals surface area contributed by atoms with Gasteiger partial charge in [-0.05, 0) is 48.4 Å². The zero-order valence-corrected chi connectivity index (χ0v) is 29.8. The summed E-state index contributed by atoms with van der Waals surface area (Å²) in [6, 6.07) is 25.7. The summed E-state index contributed by atoms with van der Waals surface area (Å²) in [5, 5.41) is 0. The van der Waals surface area contributed by atoms with Crippen LogP contribution in [0.2, 0.25) is 0 Å². The maximum Gasteiger partial charge on any atom is 2.00 e. The maximum absolute atomic E-state index is 7.95. The van der Waals surface area contributed by atoms with Gasteiger partial charge in [-0.1, -0.05) is 97.0 Å². The Morgan fingerprint density at radius 3 is 2.44 bits per heavy atom. The first-order valence-corrected chi connectivity index (χ1v) is 15.3. The quantitative estimate of drug-likeness (QED) is 0.189.